The molecule has 1 aliphatic carbocycles. The summed E-state index contributed by atoms with van der Waals surface area (Å²) in [5, 5.41) is 3.12. The molecule has 22 heavy (non-hydrogen) atoms. The number of benzene rings is 1. The van der Waals surface area contributed by atoms with E-state index in [9.17, 15) is 4.79 Å². The highest BCUT2D eigenvalue weighted by molar-refractivity contribution is 6.61. The predicted octanol–water partition coefficient (Wildman–Crippen LogP) is 2.13. The molecular formula is C17H24BNO3. The summed E-state index contributed by atoms with van der Waals surface area (Å²) in [5.74, 6) is 0.00453. The topological polar surface area (TPSA) is 47.6 Å². The lowest BCUT2D eigenvalue weighted by molar-refractivity contribution is 0.0343. The number of amides is 1. The van der Waals surface area contributed by atoms with Gasteiger partial charge in [-0.1, -0.05) is 38.8 Å². The van der Waals surface area contributed by atoms with Gasteiger partial charge in [-0.25, -0.2) is 0 Å². The van der Waals surface area contributed by atoms with Crippen LogP contribution >= 0.6 is 0 Å². The second kappa shape index (κ2) is 6.43. The maximum atomic E-state index is 12.3. The Kier molecular flexibility index (Phi) is 4.55. The van der Waals surface area contributed by atoms with Crippen molar-refractivity contribution in [1.82, 2.24) is 5.32 Å². The summed E-state index contributed by atoms with van der Waals surface area (Å²) in [6.45, 7) is 5.57. The molecule has 118 valence electrons. The largest absolute Gasteiger partial charge is 0.493 e. The SMILES string of the molecule is CC1(C)COB(c2cccc(C(=O)NC3CCCC3)c2)OC1. The van der Waals surface area contributed by atoms with Crippen LogP contribution in [0.25, 0.3) is 0 Å². The Morgan fingerprint density at radius 1 is 1.23 bits per heavy atom. The molecule has 2 aliphatic rings. The molecule has 0 radical (unpaired) electrons. The van der Waals surface area contributed by atoms with Crippen LogP contribution < -0.4 is 10.8 Å². The van der Waals surface area contributed by atoms with Gasteiger partial charge in [-0.2, -0.15) is 0 Å². The first kappa shape index (κ1) is 15.6. The van der Waals surface area contributed by atoms with Crippen LogP contribution in [0.1, 0.15) is 49.9 Å². The van der Waals surface area contributed by atoms with Gasteiger partial charge >= 0.3 is 7.12 Å². The van der Waals surface area contributed by atoms with E-state index in [1.807, 2.05) is 24.3 Å². The van der Waals surface area contributed by atoms with Crippen molar-refractivity contribution in [3.05, 3.63) is 29.8 Å². The maximum absolute atomic E-state index is 12.3. The molecule has 1 saturated heterocycles. The van der Waals surface area contributed by atoms with Crippen molar-refractivity contribution in [2.75, 3.05) is 13.2 Å². The molecule has 1 aliphatic heterocycles. The zero-order valence-electron chi connectivity index (χ0n) is 13.4. The molecular weight excluding hydrogens is 277 g/mol. The average Bonchev–Trinajstić information content (AvgIpc) is 3.00. The van der Waals surface area contributed by atoms with Gasteiger partial charge in [-0.3, -0.25) is 4.79 Å². The molecule has 1 aromatic carbocycles. The van der Waals surface area contributed by atoms with Gasteiger partial charge in [0, 0.05) is 30.2 Å². The quantitative estimate of drug-likeness (QED) is 0.870. The molecule has 1 amide bonds. The molecule has 0 atom stereocenters. The highest BCUT2D eigenvalue weighted by Crippen LogP contribution is 2.21. The lowest BCUT2D eigenvalue weighted by Gasteiger charge is -2.33. The van der Waals surface area contributed by atoms with Gasteiger partial charge in [-0.05, 0) is 30.4 Å². The van der Waals surface area contributed by atoms with Gasteiger partial charge in [-0.15, -0.1) is 0 Å². The Bertz CT molecular complexity index is 530. The van der Waals surface area contributed by atoms with E-state index >= 15 is 0 Å². The van der Waals surface area contributed by atoms with E-state index in [2.05, 4.69) is 19.2 Å². The number of hydrogen-bond donors (Lipinski definition) is 1. The lowest BCUT2D eigenvalue weighted by Crippen LogP contribution is -2.47. The molecule has 0 aromatic heterocycles. The van der Waals surface area contributed by atoms with E-state index in [-0.39, 0.29) is 18.4 Å². The zero-order valence-corrected chi connectivity index (χ0v) is 13.4. The fourth-order valence-electron chi connectivity index (χ4n) is 3.05. The zero-order chi connectivity index (χ0) is 15.6. The number of carbonyl (C=O) groups excluding carboxylic acids is 1. The highest BCUT2D eigenvalue weighted by atomic mass is 16.6. The summed E-state index contributed by atoms with van der Waals surface area (Å²) in [4.78, 5) is 12.3. The first-order chi connectivity index (χ1) is 10.5. The van der Waals surface area contributed by atoms with Crippen LogP contribution in [0.2, 0.25) is 0 Å². The molecule has 0 spiro atoms. The van der Waals surface area contributed by atoms with Crippen molar-refractivity contribution >= 4 is 18.5 Å². The van der Waals surface area contributed by atoms with E-state index in [0.717, 1.165) is 18.3 Å². The third-order valence-electron chi connectivity index (χ3n) is 4.36. The normalized spacial score (nSPS) is 21.8. The minimum absolute atomic E-state index is 0.00453. The van der Waals surface area contributed by atoms with Gasteiger partial charge in [0.25, 0.3) is 5.91 Å². The molecule has 3 rings (SSSR count). The van der Waals surface area contributed by atoms with Crippen molar-refractivity contribution in [1.29, 1.82) is 0 Å². The van der Waals surface area contributed by atoms with Crippen LogP contribution in [0.3, 0.4) is 0 Å². The summed E-state index contributed by atoms with van der Waals surface area (Å²) >= 11 is 0. The van der Waals surface area contributed by atoms with Crippen LogP contribution in [0.4, 0.5) is 0 Å². The monoisotopic (exact) mass is 301 g/mol. The highest BCUT2D eigenvalue weighted by Gasteiger charge is 2.33. The van der Waals surface area contributed by atoms with Gasteiger partial charge in [0.15, 0.2) is 0 Å². The van der Waals surface area contributed by atoms with Gasteiger partial charge in [0.05, 0.1) is 0 Å². The van der Waals surface area contributed by atoms with E-state index in [4.69, 9.17) is 9.31 Å². The van der Waals surface area contributed by atoms with Crippen LogP contribution in [-0.2, 0) is 9.31 Å². The first-order valence-electron chi connectivity index (χ1n) is 8.18. The Balaban J connectivity index is 1.66. The molecule has 5 heteroatoms. The van der Waals surface area contributed by atoms with E-state index in [1.54, 1.807) is 0 Å². The smallest absolute Gasteiger partial charge is 0.407 e. The minimum Gasteiger partial charge on any atom is -0.407 e. The van der Waals surface area contributed by atoms with E-state index in [0.29, 0.717) is 24.8 Å². The van der Waals surface area contributed by atoms with Crippen molar-refractivity contribution in [3.63, 3.8) is 0 Å². The van der Waals surface area contributed by atoms with Crippen molar-refractivity contribution < 1.29 is 14.1 Å². The summed E-state index contributed by atoms with van der Waals surface area (Å²) in [5.41, 5.74) is 1.64. The summed E-state index contributed by atoms with van der Waals surface area (Å²) in [6.07, 6.45) is 4.61. The Morgan fingerprint density at radius 2 is 1.91 bits per heavy atom. The van der Waals surface area contributed by atoms with Gasteiger partial charge < -0.3 is 14.6 Å². The first-order valence-corrected chi connectivity index (χ1v) is 8.18. The van der Waals surface area contributed by atoms with Crippen molar-refractivity contribution in [2.24, 2.45) is 5.41 Å². The third kappa shape index (κ3) is 3.71. The lowest BCUT2D eigenvalue weighted by atomic mass is 9.75. The molecule has 1 heterocycles. The Hall–Kier alpha value is -1.33. The van der Waals surface area contributed by atoms with Gasteiger partial charge in [0.2, 0.25) is 0 Å². The number of carbonyl (C=O) groups is 1. The van der Waals surface area contributed by atoms with Crippen LogP contribution in [0.5, 0.6) is 0 Å². The fraction of sp³-hybridized carbons (Fsp3) is 0.588. The van der Waals surface area contributed by atoms with Crippen molar-refractivity contribution in [3.8, 4) is 0 Å². The van der Waals surface area contributed by atoms with Crippen LogP contribution in [0.15, 0.2) is 24.3 Å². The summed E-state index contributed by atoms with van der Waals surface area (Å²) in [6, 6.07) is 7.91. The number of hydrogen-bond acceptors (Lipinski definition) is 3. The Morgan fingerprint density at radius 3 is 2.59 bits per heavy atom. The summed E-state index contributed by atoms with van der Waals surface area (Å²) < 4.78 is 11.6. The fourth-order valence-corrected chi connectivity index (χ4v) is 3.05. The maximum Gasteiger partial charge on any atom is 0.493 e. The third-order valence-corrected chi connectivity index (χ3v) is 4.36. The number of nitrogens with one attached hydrogen (secondary N) is 1. The molecule has 0 unspecified atom stereocenters. The van der Waals surface area contributed by atoms with Crippen LogP contribution in [-0.4, -0.2) is 32.3 Å². The molecule has 4 nitrogen and oxygen atoms in total. The molecule has 1 N–H and O–H groups in total. The Labute approximate surface area is 132 Å². The second-order valence-electron chi connectivity index (χ2n) is 7.20. The molecule has 2 fully saturated rings. The van der Waals surface area contributed by atoms with Gasteiger partial charge in [0.1, 0.15) is 0 Å². The van der Waals surface area contributed by atoms with E-state index in [1.165, 1.54) is 12.8 Å². The standard InChI is InChI=1S/C17H24BNO3/c1-17(2)11-21-18(22-12-17)14-7-5-6-13(10-14)16(20)19-15-8-3-4-9-15/h5-7,10,15H,3-4,8-9,11-12H2,1-2H3,(H,19,20). The van der Waals surface area contributed by atoms with Crippen LogP contribution in [0, 0.1) is 5.41 Å². The van der Waals surface area contributed by atoms with Crippen molar-refractivity contribution in [2.45, 2.75) is 45.6 Å². The van der Waals surface area contributed by atoms with E-state index < -0.39 is 0 Å². The number of rotatable bonds is 3. The molecule has 1 aromatic rings. The summed E-state index contributed by atoms with van der Waals surface area (Å²) in [7, 11) is -0.368. The molecule has 1 saturated carbocycles. The average molecular weight is 301 g/mol. The second-order valence-corrected chi connectivity index (χ2v) is 7.20. The molecule has 0 bridgehead atoms. The minimum atomic E-state index is -0.368. The predicted molar refractivity (Wildman–Crippen MR) is 87.2 cm³/mol.